The molecule has 3 rings (SSSR count). The molecule has 0 bridgehead atoms. The summed E-state index contributed by atoms with van der Waals surface area (Å²) in [4.78, 5) is 26.8. The third-order valence-corrected chi connectivity index (χ3v) is 4.98. The van der Waals surface area contributed by atoms with E-state index in [4.69, 9.17) is 9.47 Å². The second-order valence-electron chi connectivity index (χ2n) is 8.80. The molecule has 2 heterocycles. The molecule has 1 amide bonds. The van der Waals surface area contributed by atoms with Crippen LogP contribution in [-0.2, 0) is 22.4 Å². The van der Waals surface area contributed by atoms with Gasteiger partial charge in [0.15, 0.2) is 5.69 Å². The fraction of sp³-hybridized carbons (Fsp3) is 0.522. The highest BCUT2D eigenvalue weighted by Gasteiger charge is 2.33. The summed E-state index contributed by atoms with van der Waals surface area (Å²) in [6, 6.07) is 8.18. The van der Waals surface area contributed by atoms with Crippen LogP contribution < -0.4 is 0 Å². The molecule has 7 nitrogen and oxygen atoms in total. The summed E-state index contributed by atoms with van der Waals surface area (Å²) in [5.74, 6) is -0.0413. The van der Waals surface area contributed by atoms with E-state index in [1.54, 1.807) is 16.5 Å². The van der Waals surface area contributed by atoms with Crippen molar-refractivity contribution >= 4 is 12.1 Å². The minimum Gasteiger partial charge on any atom is -0.461 e. The second-order valence-corrected chi connectivity index (χ2v) is 8.80. The number of ether oxygens (including phenoxy) is 2. The molecule has 7 heteroatoms. The Hall–Kier alpha value is -2.83. The Balaban J connectivity index is 1.97. The molecule has 0 N–H and O–H groups in total. The van der Waals surface area contributed by atoms with Gasteiger partial charge in [0.25, 0.3) is 0 Å². The molecule has 1 aliphatic heterocycles. The van der Waals surface area contributed by atoms with E-state index in [0.29, 0.717) is 18.9 Å². The molecule has 1 aliphatic rings. The molecule has 30 heavy (non-hydrogen) atoms. The van der Waals surface area contributed by atoms with E-state index in [-0.39, 0.29) is 18.8 Å². The number of fused-ring (bicyclic) bond motifs is 1. The number of hydrogen-bond acceptors (Lipinski definition) is 5. The molecule has 2 aromatic rings. The van der Waals surface area contributed by atoms with Gasteiger partial charge in [-0.25, -0.2) is 14.3 Å². The fourth-order valence-electron chi connectivity index (χ4n) is 3.48. The van der Waals surface area contributed by atoms with Crippen LogP contribution in [0.2, 0.25) is 0 Å². The van der Waals surface area contributed by atoms with Crippen molar-refractivity contribution in [2.75, 3.05) is 13.2 Å². The van der Waals surface area contributed by atoms with Crippen LogP contribution in [0.25, 0.3) is 5.69 Å². The van der Waals surface area contributed by atoms with Crippen molar-refractivity contribution in [1.82, 2.24) is 14.7 Å². The van der Waals surface area contributed by atoms with Crippen LogP contribution in [0.15, 0.2) is 24.3 Å². The maximum absolute atomic E-state index is 12.6. The first-order valence-electron chi connectivity index (χ1n) is 10.5. The molecular weight excluding hydrogens is 382 g/mol. The lowest BCUT2D eigenvalue weighted by atomic mass is 10.0. The van der Waals surface area contributed by atoms with Crippen molar-refractivity contribution < 1.29 is 19.1 Å². The molecule has 0 saturated carbocycles. The van der Waals surface area contributed by atoms with E-state index >= 15 is 0 Å². The fourth-order valence-corrected chi connectivity index (χ4v) is 3.48. The smallest absolute Gasteiger partial charge is 0.410 e. The number of carbonyl (C=O) groups excluding carboxylic acids is 2. The Morgan fingerprint density at radius 3 is 2.40 bits per heavy atom. The molecule has 0 atom stereocenters. The van der Waals surface area contributed by atoms with Crippen LogP contribution in [0, 0.1) is 0 Å². The number of esters is 1. The summed E-state index contributed by atoms with van der Waals surface area (Å²) >= 11 is 0. The lowest BCUT2D eigenvalue weighted by molar-refractivity contribution is 0.0219. The summed E-state index contributed by atoms with van der Waals surface area (Å²) in [6.07, 6.45) is 0.185. The molecule has 0 fully saturated rings. The van der Waals surface area contributed by atoms with Gasteiger partial charge < -0.3 is 14.4 Å². The number of carbonyl (C=O) groups is 2. The second kappa shape index (κ2) is 8.50. The van der Waals surface area contributed by atoms with Gasteiger partial charge in [-0.05, 0) is 51.3 Å². The van der Waals surface area contributed by atoms with E-state index in [9.17, 15) is 9.59 Å². The first-order chi connectivity index (χ1) is 14.1. The van der Waals surface area contributed by atoms with E-state index in [2.05, 4.69) is 31.1 Å². The maximum Gasteiger partial charge on any atom is 0.410 e. The SMILES string of the molecule is CCOC(=O)c1nn(-c2ccc(C(C)C)cc2)c2c1CN(C(=O)OC(C)(C)C)CC2. The molecular formula is C23H31N3O4. The number of hydrogen-bond donors (Lipinski definition) is 0. The van der Waals surface area contributed by atoms with Gasteiger partial charge in [-0.1, -0.05) is 26.0 Å². The summed E-state index contributed by atoms with van der Waals surface area (Å²) < 4.78 is 12.5. The Morgan fingerprint density at radius 2 is 1.83 bits per heavy atom. The summed E-state index contributed by atoms with van der Waals surface area (Å²) in [5.41, 5.74) is 3.45. The normalized spacial score (nSPS) is 13.9. The molecule has 0 aliphatic carbocycles. The molecule has 0 unspecified atom stereocenters. The standard InChI is InChI=1S/C23H31N3O4/c1-7-29-21(27)20-18-14-25(22(28)30-23(4,5)6)13-12-19(18)26(24-20)17-10-8-16(9-11-17)15(2)3/h8-11,15H,7,12-14H2,1-6H3. The molecule has 1 aromatic heterocycles. The van der Waals surface area contributed by atoms with E-state index in [0.717, 1.165) is 16.9 Å². The highest BCUT2D eigenvalue weighted by Crippen LogP contribution is 2.28. The molecule has 162 valence electrons. The van der Waals surface area contributed by atoms with E-state index < -0.39 is 17.7 Å². The monoisotopic (exact) mass is 413 g/mol. The van der Waals surface area contributed by atoms with E-state index in [1.165, 1.54) is 5.56 Å². The van der Waals surface area contributed by atoms with Crippen LogP contribution >= 0.6 is 0 Å². The van der Waals surface area contributed by atoms with Gasteiger partial charge in [-0.2, -0.15) is 5.10 Å². The first-order valence-corrected chi connectivity index (χ1v) is 10.5. The topological polar surface area (TPSA) is 73.7 Å². The lowest BCUT2D eigenvalue weighted by Crippen LogP contribution is -2.40. The Kier molecular flexibility index (Phi) is 6.19. The number of nitrogens with zero attached hydrogens (tertiary/aromatic N) is 3. The van der Waals surface area contributed by atoms with Crippen molar-refractivity contribution in [1.29, 1.82) is 0 Å². The zero-order chi connectivity index (χ0) is 22.1. The predicted octanol–water partition coefficient (Wildman–Crippen LogP) is 4.47. The van der Waals surface area contributed by atoms with Crippen molar-refractivity contribution in [3.63, 3.8) is 0 Å². The quantitative estimate of drug-likeness (QED) is 0.692. The zero-order valence-electron chi connectivity index (χ0n) is 18.7. The number of amides is 1. The third kappa shape index (κ3) is 4.66. The van der Waals surface area contributed by atoms with Gasteiger partial charge in [-0.3, -0.25) is 0 Å². The van der Waals surface area contributed by atoms with Crippen LogP contribution in [-0.4, -0.2) is 45.5 Å². The van der Waals surface area contributed by atoms with Crippen molar-refractivity contribution in [2.24, 2.45) is 0 Å². The number of aromatic nitrogens is 2. The van der Waals surface area contributed by atoms with Gasteiger partial charge in [0.1, 0.15) is 5.60 Å². The number of rotatable bonds is 4. The first kappa shape index (κ1) is 21.9. The lowest BCUT2D eigenvalue weighted by Gasteiger charge is -2.30. The highest BCUT2D eigenvalue weighted by molar-refractivity contribution is 5.89. The molecule has 1 aromatic carbocycles. The third-order valence-electron chi connectivity index (χ3n) is 4.98. The van der Waals surface area contributed by atoms with Gasteiger partial charge in [-0.15, -0.1) is 0 Å². The van der Waals surface area contributed by atoms with Gasteiger partial charge >= 0.3 is 12.1 Å². The van der Waals surface area contributed by atoms with Gasteiger partial charge in [0, 0.05) is 18.5 Å². The minimum absolute atomic E-state index is 0.257. The van der Waals surface area contributed by atoms with Crippen LogP contribution in [0.4, 0.5) is 4.79 Å². The van der Waals surface area contributed by atoms with Crippen molar-refractivity contribution in [3.05, 3.63) is 46.8 Å². The van der Waals surface area contributed by atoms with Crippen molar-refractivity contribution in [2.45, 2.75) is 66.0 Å². The summed E-state index contributed by atoms with van der Waals surface area (Å²) in [6.45, 7) is 12.6. The Morgan fingerprint density at radius 1 is 1.17 bits per heavy atom. The average Bonchev–Trinajstić information content (AvgIpc) is 3.06. The van der Waals surface area contributed by atoms with Crippen molar-refractivity contribution in [3.8, 4) is 5.69 Å². The van der Waals surface area contributed by atoms with Crippen LogP contribution in [0.5, 0.6) is 0 Å². The van der Waals surface area contributed by atoms with Crippen LogP contribution in [0.1, 0.15) is 74.8 Å². The molecule has 0 spiro atoms. The van der Waals surface area contributed by atoms with Crippen LogP contribution in [0.3, 0.4) is 0 Å². The average molecular weight is 414 g/mol. The molecule has 0 radical (unpaired) electrons. The highest BCUT2D eigenvalue weighted by atomic mass is 16.6. The van der Waals surface area contributed by atoms with E-state index in [1.807, 2.05) is 32.9 Å². The summed E-state index contributed by atoms with van der Waals surface area (Å²) in [5, 5.41) is 4.59. The predicted molar refractivity (Wildman–Crippen MR) is 114 cm³/mol. The molecule has 0 saturated heterocycles. The number of benzene rings is 1. The Labute approximate surface area is 178 Å². The van der Waals surface area contributed by atoms with Gasteiger partial charge in [0.2, 0.25) is 0 Å². The Bertz CT molecular complexity index is 923. The largest absolute Gasteiger partial charge is 0.461 e. The minimum atomic E-state index is -0.580. The summed E-state index contributed by atoms with van der Waals surface area (Å²) in [7, 11) is 0. The van der Waals surface area contributed by atoms with Gasteiger partial charge in [0.05, 0.1) is 24.5 Å². The zero-order valence-corrected chi connectivity index (χ0v) is 18.7. The maximum atomic E-state index is 12.6.